The van der Waals surface area contributed by atoms with Crippen LogP contribution in [0.3, 0.4) is 0 Å². The predicted molar refractivity (Wildman–Crippen MR) is 165 cm³/mol. The second-order valence-corrected chi connectivity index (χ2v) is 13.1. The Morgan fingerprint density at radius 2 is 0.905 bits per heavy atom. The zero-order valence-electron chi connectivity index (χ0n) is 26.4. The molecule has 2 fully saturated rings. The summed E-state index contributed by atoms with van der Waals surface area (Å²) in [4.78, 5) is 25.4. The zero-order valence-corrected chi connectivity index (χ0v) is 26.4. The summed E-state index contributed by atoms with van der Waals surface area (Å²) in [5.41, 5.74) is 0. The lowest BCUT2D eigenvalue weighted by molar-refractivity contribution is -0.141. The van der Waals surface area contributed by atoms with E-state index in [1.54, 1.807) is 0 Å². The van der Waals surface area contributed by atoms with Crippen LogP contribution in [0.5, 0.6) is 11.5 Å². The second kappa shape index (κ2) is 19.3. The highest BCUT2D eigenvalue weighted by molar-refractivity contribution is 5.76. The molecule has 3 rings (SSSR count). The van der Waals surface area contributed by atoms with Crippen LogP contribution in [0.25, 0.3) is 0 Å². The van der Waals surface area contributed by atoms with Crippen molar-refractivity contribution in [2.45, 2.75) is 155 Å². The van der Waals surface area contributed by atoms with Crippen molar-refractivity contribution in [2.75, 3.05) is 0 Å². The zero-order chi connectivity index (χ0) is 30.2. The summed E-state index contributed by atoms with van der Waals surface area (Å²) in [6, 6.07) is 2.39. The highest BCUT2D eigenvalue weighted by Crippen LogP contribution is 2.36. The first-order chi connectivity index (χ1) is 20.4. The number of ether oxygens (including phenoxy) is 2. The molecule has 0 bridgehead atoms. The van der Waals surface area contributed by atoms with Gasteiger partial charge in [0, 0.05) is 0 Å². The summed E-state index contributed by atoms with van der Waals surface area (Å²) >= 11 is 0. The van der Waals surface area contributed by atoms with Gasteiger partial charge in [0.25, 0.3) is 0 Å². The van der Waals surface area contributed by atoms with Gasteiger partial charge in [-0.25, -0.2) is 0 Å². The molecule has 238 valence electrons. The van der Waals surface area contributed by atoms with E-state index in [2.05, 4.69) is 13.8 Å². The number of rotatable bonds is 18. The quantitative estimate of drug-likeness (QED) is 0.0969. The third kappa shape index (κ3) is 11.6. The van der Waals surface area contributed by atoms with Gasteiger partial charge in [-0.15, -0.1) is 0 Å². The lowest BCUT2D eigenvalue weighted by atomic mass is 9.79. The molecule has 2 aliphatic rings. The van der Waals surface area contributed by atoms with Crippen LogP contribution in [0.4, 0.5) is 8.78 Å². The molecule has 0 N–H and O–H groups in total. The fourth-order valence-electron chi connectivity index (χ4n) is 6.86. The van der Waals surface area contributed by atoms with E-state index in [0.29, 0.717) is 11.8 Å². The predicted octanol–water partition coefficient (Wildman–Crippen LogP) is 10.9. The van der Waals surface area contributed by atoms with Gasteiger partial charge in [-0.3, -0.25) is 9.59 Å². The van der Waals surface area contributed by atoms with E-state index in [1.165, 1.54) is 102 Å². The molecule has 4 nitrogen and oxygen atoms in total. The number of hydrogen-bond donors (Lipinski definition) is 0. The largest absolute Gasteiger partial charge is 0.423 e. The molecule has 0 atom stereocenters. The molecule has 0 saturated heterocycles. The van der Waals surface area contributed by atoms with Crippen molar-refractivity contribution in [3.05, 3.63) is 23.8 Å². The van der Waals surface area contributed by atoms with Gasteiger partial charge in [-0.1, -0.05) is 104 Å². The molecule has 42 heavy (non-hydrogen) atoms. The van der Waals surface area contributed by atoms with Gasteiger partial charge in [0.15, 0.2) is 11.5 Å². The third-order valence-corrected chi connectivity index (χ3v) is 9.72. The van der Waals surface area contributed by atoms with Gasteiger partial charge in [-0.05, 0) is 75.3 Å². The first-order valence-corrected chi connectivity index (χ1v) is 17.3. The number of hydrogen-bond acceptors (Lipinski definition) is 4. The van der Waals surface area contributed by atoms with E-state index in [4.69, 9.17) is 9.47 Å². The molecule has 0 spiro atoms. The van der Waals surface area contributed by atoms with Crippen molar-refractivity contribution in [2.24, 2.45) is 23.7 Å². The van der Waals surface area contributed by atoms with E-state index in [0.717, 1.165) is 51.4 Å². The molecule has 0 radical (unpaired) electrons. The lowest BCUT2D eigenvalue weighted by Gasteiger charge is -2.27. The molecule has 0 amide bonds. The van der Waals surface area contributed by atoms with E-state index in [1.807, 2.05) is 0 Å². The van der Waals surface area contributed by atoms with Crippen LogP contribution in [-0.4, -0.2) is 11.9 Å². The summed E-state index contributed by atoms with van der Waals surface area (Å²) in [5, 5.41) is 0. The monoisotopic (exact) mass is 590 g/mol. The lowest BCUT2D eigenvalue weighted by Crippen LogP contribution is -2.27. The third-order valence-electron chi connectivity index (χ3n) is 9.72. The Labute approximate surface area is 253 Å². The van der Waals surface area contributed by atoms with E-state index < -0.39 is 35.1 Å². The summed E-state index contributed by atoms with van der Waals surface area (Å²) in [5.74, 6) is -3.77. The molecule has 0 aliphatic heterocycles. The van der Waals surface area contributed by atoms with Crippen molar-refractivity contribution in [3.63, 3.8) is 0 Å². The van der Waals surface area contributed by atoms with Crippen molar-refractivity contribution < 1.29 is 27.8 Å². The Hall–Kier alpha value is -1.98. The molecule has 0 unspecified atom stereocenters. The number of esters is 2. The van der Waals surface area contributed by atoms with Crippen LogP contribution in [-0.2, 0) is 9.59 Å². The van der Waals surface area contributed by atoms with Gasteiger partial charge < -0.3 is 9.47 Å². The van der Waals surface area contributed by atoms with Gasteiger partial charge in [0.1, 0.15) is 0 Å². The Balaban J connectivity index is 1.37. The topological polar surface area (TPSA) is 52.6 Å². The van der Waals surface area contributed by atoms with E-state index in [9.17, 15) is 18.4 Å². The van der Waals surface area contributed by atoms with Crippen LogP contribution in [0.1, 0.15) is 155 Å². The number of benzene rings is 1. The van der Waals surface area contributed by atoms with Crippen molar-refractivity contribution in [1.29, 1.82) is 0 Å². The maximum absolute atomic E-state index is 14.8. The van der Waals surface area contributed by atoms with Crippen molar-refractivity contribution in [1.82, 2.24) is 0 Å². The highest BCUT2D eigenvalue weighted by Gasteiger charge is 2.31. The summed E-state index contributed by atoms with van der Waals surface area (Å²) in [6.45, 7) is 4.45. The molecule has 2 saturated carbocycles. The van der Waals surface area contributed by atoms with Crippen LogP contribution in [0, 0.1) is 35.3 Å². The first-order valence-electron chi connectivity index (χ1n) is 17.3. The normalized spacial score (nSPS) is 22.6. The minimum absolute atomic E-state index is 0.290. The first kappa shape index (κ1) is 34.5. The number of unbranched alkanes of at least 4 members (excludes halogenated alkanes) is 10. The minimum Gasteiger partial charge on any atom is -0.423 e. The number of carbonyl (C=O) groups excluding carboxylic acids is 2. The minimum atomic E-state index is -1.28. The summed E-state index contributed by atoms with van der Waals surface area (Å²) < 4.78 is 40.2. The van der Waals surface area contributed by atoms with Crippen LogP contribution in [0.15, 0.2) is 12.1 Å². The number of carbonyl (C=O) groups is 2. The van der Waals surface area contributed by atoms with Gasteiger partial charge in [-0.2, -0.15) is 8.78 Å². The molecule has 0 aromatic heterocycles. The van der Waals surface area contributed by atoms with Crippen LogP contribution >= 0.6 is 0 Å². The summed E-state index contributed by atoms with van der Waals surface area (Å²) in [7, 11) is 0. The Morgan fingerprint density at radius 3 is 1.26 bits per heavy atom. The average Bonchev–Trinajstić information content (AvgIpc) is 3.01. The van der Waals surface area contributed by atoms with E-state index in [-0.39, 0.29) is 11.8 Å². The molecule has 1 aromatic rings. The Morgan fingerprint density at radius 1 is 0.571 bits per heavy atom. The van der Waals surface area contributed by atoms with Gasteiger partial charge in [0.2, 0.25) is 11.6 Å². The molecular weight excluding hydrogens is 534 g/mol. The number of halogens is 2. The molecular formula is C36H56F2O4. The molecule has 6 heteroatoms. The molecule has 1 aromatic carbocycles. The second-order valence-electron chi connectivity index (χ2n) is 13.1. The Bertz CT molecular complexity index is 858. The standard InChI is InChI=1S/C36H56F2O4/c1-3-5-7-9-11-13-15-27-17-21-29(22-18-27)35(39)41-31-25-26-32(34(38)33(31)37)42-36(40)30-23-19-28(20-24-30)16-14-12-10-8-6-4-2/h25-30H,3-24H2,1-2H3/t27-,28-,29-,30-. The average molecular weight is 591 g/mol. The maximum atomic E-state index is 14.8. The van der Waals surface area contributed by atoms with E-state index >= 15 is 0 Å². The maximum Gasteiger partial charge on any atom is 0.314 e. The highest BCUT2D eigenvalue weighted by atomic mass is 19.2. The summed E-state index contributed by atoms with van der Waals surface area (Å²) in [6.07, 6.45) is 24.6. The molecule has 2 aliphatic carbocycles. The van der Waals surface area contributed by atoms with Crippen molar-refractivity contribution in [3.8, 4) is 11.5 Å². The molecule has 0 heterocycles. The van der Waals surface area contributed by atoms with Crippen molar-refractivity contribution >= 4 is 11.9 Å². The fraction of sp³-hybridized carbons (Fsp3) is 0.778. The fourth-order valence-corrected chi connectivity index (χ4v) is 6.86. The smallest absolute Gasteiger partial charge is 0.314 e. The van der Waals surface area contributed by atoms with Gasteiger partial charge in [0.05, 0.1) is 11.8 Å². The Kier molecular flexibility index (Phi) is 15.9. The van der Waals surface area contributed by atoms with Crippen LogP contribution < -0.4 is 9.47 Å². The van der Waals surface area contributed by atoms with Crippen LogP contribution in [0.2, 0.25) is 0 Å². The SMILES string of the molecule is CCCCCCCC[C@H]1CC[C@H](C(=O)Oc2ccc(OC(=O)[C@H]3CC[C@H](CCCCCCCC)CC3)c(F)c2F)CC1. The van der Waals surface area contributed by atoms with Gasteiger partial charge >= 0.3 is 11.9 Å².